The quantitative estimate of drug-likeness (QED) is 0.784. The molecule has 0 saturated heterocycles. The zero-order chi connectivity index (χ0) is 18.1. The molecule has 2 aromatic heterocycles. The fourth-order valence-corrected chi connectivity index (χ4v) is 2.58. The summed E-state index contributed by atoms with van der Waals surface area (Å²) in [6, 6.07) is 6.48. The van der Waals surface area contributed by atoms with Crippen molar-refractivity contribution < 1.29 is 14.3 Å². The van der Waals surface area contributed by atoms with Gasteiger partial charge in [-0.05, 0) is 18.1 Å². The van der Waals surface area contributed by atoms with Gasteiger partial charge in [0, 0.05) is 12.6 Å². The number of alkyl halides is 1. The van der Waals surface area contributed by atoms with Crippen molar-refractivity contribution >= 4 is 5.97 Å². The number of aryl methyl sites for hydroxylation is 1. The van der Waals surface area contributed by atoms with E-state index >= 15 is 0 Å². The van der Waals surface area contributed by atoms with E-state index in [9.17, 15) is 19.1 Å². The molecule has 0 saturated carbocycles. The Bertz CT molecular complexity index is 1010. The maximum absolute atomic E-state index is 12.7. The van der Waals surface area contributed by atoms with Crippen LogP contribution in [0.4, 0.5) is 4.39 Å². The molecule has 0 aliphatic carbocycles. The van der Waals surface area contributed by atoms with Crippen LogP contribution in [-0.2, 0) is 13.7 Å². The van der Waals surface area contributed by atoms with Crippen molar-refractivity contribution in [3.05, 3.63) is 63.7 Å². The van der Waals surface area contributed by atoms with E-state index in [0.29, 0.717) is 22.5 Å². The first-order valence-electron chi connectivity index (χ1n) is 7.44. The van der Waals surface area contributed by atoms with Gasteiger partial charge in [-0.1, -0.05) is 24.3 Å². The van der Waals surface area contributed by atoms with E-state index in [0.717, 1.165) is 4.68 Å². The highest BCUT2D eigenvalue weighted by Gasteiger charge is 2.21. The number of carbonyl (C=O) groups is 1. The first-order chi connectivity index (χ1) is 11.9. The lowest BCUT2D eigenvalue weighted by molar-refractivity contribution is 0.0693. The van der Waals surface area contributed by atoms with Gasteiger partial charge in [-0.15, -0.1) is 0 Å². The molecule has 7 nitrogen and oxygen atoms in total. The van der Waals surface area contributed by atoms with Crippen molar-refractivity contribution in [3.8, 4) is 16.9 Å². The van der Waals surface area contributed by atoms with E-state index in [-0.39, 0.29) is 11.1 Å². The Hall–Kier alpha value is -3.29. The van der Waals surface area contributed by atoms with Crippen molar-refractivity contribution in [2.24, 2.45) is 7.05 Å². The lowest BCUT2D eigenvalue weighted by Crippen LogP contribution is -2.29. The largest absolute Gasteiger partial charge is 0.477 e. The van der Waals surface area contributed by atoms with Gasteiger partial charge in [0.2, 0.25) is 0 Å². The molecule has 1 aromatic carbocycles. The number of carboxylic acids is 1. The summed E-state index contributed by atoms with van der Waals surface area (Å²) in [6.07, 6.45) is 2.98. The van der Waals surface area contributed by atoms with Gasteiger partial charge in [0.1, 0.15) is 17.9 Å². The summed E-state index contributed by atoms with van der Waals surface area (Å²) in [7, 11) is 1.68. The number of halogens is 1. The molecule has 0 unspecified atom stereocenters. The Balaban J connectivity index is 2.29. The molecule has 0 aliphatic heterocycles. The lowest BCUT2D eigenvalue weighted by atomic mass is 10.0. The van der Waals surface area contributed by atoms with E-state index in [2.05, 4.69) is 10.2 Å². The summed E-state index contributed by atoms with van der Waals surface area (Å²) < 4.78 is 15.2. The number of hydrogen-bond acceptors (Lipinski definition) is 4. The van der Waals surface area contributed by atoms with Crippen LogP contribution in [0, 0.1) is 6.92 Å². The maximum Gasteiger partial charge on any atom is 0.341 e. The van der Waals surface area contributed by atoms with Gasteiger partial charge >= 0.3 is 5.97 Å². The minimum Gasteiger partial charge on any atom is -0.477 e. The molecule has 0 radical (unpaired) electrons. The van der Waals surface area contributed by atoms with Gasteiger partial charge in [-0.3, -0.25) is 9.48 Å². The third-order valence-electron chi connectivity index (χ3n) is 3.87. The van der Waals surface area contributed by atoms with Gasteiger partial charge < -0.3 is 5.11 Å². The topological polar surface area (TPSA) is 90.0 Å². The van der Waals surface area contributed by atoms with Gasteiger partial charge in [-0.2, -0.15) is 14.9 Å². The number of nitrogens with zero attached hydrogens (tertiary/aromatic N) is 4. The predicted octanol–water partition coefficient (Wildman–Crippen LogP) is 2.11. The standard InChI is InChI=1S/C17H15FN4O3/c1-10-14(17(24)25)16(23)22(13-8-19-21(2)9-13)20-15(10)12-5-3-11(7-18)4-6-12/h3-6,8-9H,7H2,1-2H3,(H,24,25). The zero-order valence-electron chi connectivity index (χ0n) is 13.6. The smallest absolute Gasteiger partial charge is 0.341 e. The van der Waals surface area contributed by atoms with Crippen LogP contribution in [0.1, 0.15) is 21.5 Å². The molecule has 0 aliphatic rings. The van der Waals surface area contributed by atoms with Crippen LogP contribution in [0.25, 0.3) is 16.9 Å². The Labute approximate surface area is 142 Å². The first kappa shape index (κ1) is 16.6. The van der Waals surface area contributed by atoms with Gasteiger partial charge in [0.25, 0.3) is 5.56 Å². The molecule has 3 aromatic rings. The SMILES string of the molecule is Cc1c(-c2ccc(CF)cc2)nn(-c2cnn(C)c2)c(=O)c1C(=O)O. The summed E-state index contributed by atoms with van der Waals surface area (Å²) in [5.41, 5.74) is 0.953. The second-order valence-electron chi connectivity index (χ2n) is 5.57. The van der Waals surface area contributed by atoms with Crippen molar-refractivity contribution in [2.75, 3.05) is 0 Å². The number of rotatable bonds is 4. The molecule has 1 N–H and O–H groups in total. The van der Waals surface area contributed by atoms with Gasteiger partial charge in [0.05, 0.1) is 18.1 Å². The molecular weight excluding hydrogens is 327 g/mol. The molecule has 2 heterocycles. The molecule has 0 amide bonds. The molecule has 0 atom stereocenters. The number of aromatic carboxylic acids is 1. The second kappa shape index (κ2) is 6.31. The number of hydrogen-bond donors (Lipinski definition) is 1. The Kier molecular flexibility index (Phi) is 4.18. The van der Waals surface area contributed by atoms with E-state index in [1.807, 2.05) is 0 Å². The van der Waals surface area contributed by atoms with Crippen LogP contribution in [0.5, 0.6) is 0 Å². The molecular formula is C17H15FN4O3. The molecule has 128 valence electrons. The third-order valence-corrected chi connectivity index (χ3v) is 3.87. The number of benzene rings is 1. The van der Waals surface area contributed by atoms with E-state index in [4.69, 9.17) is 0 Å². The molecule has 25 heavy (non-hydrogen) atoms. The van der Waals surface area contributed by atoms with Gasteiger partial charge in [-0.25, -0.2) is 9.18 Å². The number of carboxylic acid groups (broad SMARTS) is 1. The third kappa shape index (κ3) is 2.93. The molecule has 0 fully saturated rings. The summed E-state index contributed by atoms with van der Waals surface area (Å²) in [4.78, 5) is 24.2. The normalized spacial score (nSPS) is 10.8. The first-order valence-corrected chi connectivity index (χ1v) is 7.44. The zero-order valence-corrected chi connectivity index (χ0v) is 13.6. The molecule has 8 heteroatoms. The van der Waals surface area contributed by atoms with Crippen molar-refractivity contribution in [1.29, 1.82) is 0 Å². The average Bonchev–Trinajstić information content (AvgIpc) is 3.01. The number of aromatic nitrogens is 4. The fourth-order valence-electron chi connectivity index (χ4n) is 2.58. The Morgan fingerprint density at radius 3 is 2.48 bits per heavy atom. The molecule has 0 bridgehead atoms. The van der Waals surface area contributed by atoms with Crippen LogP contribution >= 0.6 is 0 Å². The summed E-state index contributed by atoms with van der Waals surface area (Å²) in [5, 5.41) is 17.8. The fraction of sp³-hybridized carbons (Fsp3) is 0.176. The summed E-state index contributed by atoms with van der Waals surface area (Å²) >= 11 is 0. The minimum atomic E-state index is -1.33. The summed E-state index contributed by atoms with van der Waals surface area (Å²) in [6.45, 7) is 0.937. The van der Waals surface area contributed by atoms with Crippen LogP contribution in [0.15, 0.2) is 41.5 Å². The Morgan fingerprint density at radius 2 is 1.96 bits per heavy atom. The van der Waals surface area contributed by atoms with Crippen LogP contribution in [-0.4, -0.2) is 30.6 Å². The van der Waals surface area contributed by atoms with E-state index in [1.54, 1.807) is 37.5 Å². The highest BCUT2D eigenvalue weighted by atomic mass is 19.1. The maximum atomic E-state index is 12.7. The lowest BCUT2D eigenvalue weighted by Gasteiger charge is -2.12. The average molecular weight is 342 g/mol. The summed E-state index contributed by atoms with van der Waals surface area (Å²) in [5.74, 6) is -1.33. The Morgan fingerprint density at radius 1 is 1.28 bits per heavy atom. The van der Waals surface area contributed by atoms with Crippen LogP contribution < -0.4 is 5.56 Å². The van der Waals surface area contributed by atoms with Crippen molar-refractivity contribution in [2.45, 2.75) is 13.6 Å². The monoisotopic (exact) mass is 342 g/mol. The van der Waals surface area contributed by atoms with Crippen molar-refractivity contribution in [1.82, 2.24) is 19.6 Å². The van der Waals surface area contributed by atoms with E-state index < -0.39 is 18.2 Å². The van der Waals surface area contributed by atoms with Crippen LogP contribution in [0.2, 0.25) is 0 Å². The second-order valence-corrected chi connectivity index (χ2v) is 5.57. The van der Waals surface area contributed by atoms with E-state index in [1.165, 1.54) is 17.8 Å². The van der Waals surface area contributed by atoms with Crippen molar-refractivity contribution in [3.63, 3.8) is 0 Å². The van der Waals surface area contributed by atoms with Gasteiger partial charge in [0.15, 0.2) is 0 Å². The predicted molar refractivity (Wildman–Crippen MR) is 88.5 cm³/mol. The molecule has 3 rings (SSSR count). The molecule has 0 spiro atoms. The highest BCUT2D eigenvalue weighted by Crippen LogP contribution is 2.23. The van der Waals surface area contributed by atoms with Crippen LogP contribution in [0.3, 0.4) is 0 Å². The highest BCUT2D eigenvalue weighted by molar-refractivity contribution is 5.91. The minimum absolute atomic E-state index is 0.255.